The molecule has 0 unspecified atom stereocenters. The molecule has 1 aliphatic rings. The molecule has 1 aliphatic heterocycles. The van der Waals surface area contributed by atoms with Gasteiger partial charge in [0.05, 0.1) is 18.8 Å². The molecule has 0 saturated carbocycles. The summed E-state index contributed by atoms with van der Waals surface area (Å²) in [7, 11) is 0. The van der Waals surface area contributed by atoms with Crippen molar-refractivity contribution >= 4 is 17.7 Å². The van der Waals surface area contributed by atoms with Crippen LogP contribution < -0.4 is 14.2 Å². The molecule has 2 aromatic rings. The summed E-state index contributed by atoms with van der Waals surface area (Å²) < 4.78 is 21.8. The summed E-state index contributed by atoms with van der Waals surface area (Å²) in [6.45, 7) is 5.59. The number of rotatable bonds is 11. The second-order valence-corrected chi connectivity index (χ2v) is 7.78. The highest BCUT2D eigenvalue weighted by molar-refractivity contribution is 5.99. The van der Waals surface area contributed by atoms with Crippen LogP contribution in [0.4, 0.5) is 0 Å². The van der Waals surface area contributed by atoms with Crippen LogP contribution in [-0.2, 0) is 9.53 Å². The van der Waals surface area contributed by atoms with Crippen LogP contribution in [-0.4, -0.2) is 62.1 Å². The van der Waals surface area contributed by atoms with Gasteiger partial charge in [0.15, 0.2) is 30.5 Å². The van der Waals surface area contributed by atoms with E-state index in [4.69, 9.17) is 18.9 Å². The van der Waals surface area contributed by atoms with Crippen LogP contribution >= 0.6 is 0 Å². The number of ether oxygens (including phenoxy) is 4. The van der Waals surface area contributed by atoms with Crippen LogP contribution in [0, 0.1) is 0 Å². The molecule has 34 heavy (non-hydrogen) atoms. The quantitative estimate of drug-likeness (QED) is 0.364. The van der Waals surface area contributed by atoms with Gasteiger partial charge in [0.2, 0.25) is 0 Å². The van der Waals surface area contributed by atoms with Crippen molar-refractivity contribution in [2.24, 2.45) is 0 Å². The Balaban J connectivity index is 1.57. The first kappa shape index (κ1) is 25.1. The molecule has 3 rings (SSSR count). The molecule has 1 heterocycles. The van der Waals surface area contributed by atoms with E-state index in [1.807, 2.05) is 13.8 Å². The van der Waals surface area contributed by atoms with Gasteiger partial charge in [0.1, 0.15) is 5.75 Å². The Labute approximate surface area is 199 Å². The zero-order valence-electron chi connectivity index (χ0n) is 19.7. The first-order valence-electron chi connectivity index (χ1n) is 11.6. The van der Waals surface area contributed by atoms with Crippen molar-refractivity contribution in [3.8, 4) is 17.2 Å². The van der Waals surface area contributed by atoms with Crippen molar-refractivity contribution < 1.29 is 33.3 Å². The third-order valence-electron chi connectivity index (χ3n) is 5.36. The molecule has 1 fully saturated rings. The molecular weight excluding hydrogens is 438 g/mol. The van der Waals surface area contributed by atoms with Crippen LogP contribution in [0.5, 0.6) is 17.2 Å². The predicted octanol–water partition coefficient (Wildman–Crippen LogP) is 3.92. The molecule has 0 radical (unpaired) electrons. The highest BCUT2D eigenvalue weighted by Crippen LogP contribution is 2.29. The van der Waals surface area contributed by atoms with Gasteiger partial charge in [-0.05, 0) is 75.6 Å². The fraction of sp³-hybridized carbons (Fsp3) is 0.423. The number of amides is 1. The molecule has 0 N–H and O–H groups in total. The normalized spacial score (nSPS) is 13.2. The molecule has 2 aromatic carbocycles. The van der Waals surface area contributed by atoms with Crippen molar-refractivity contribution in [3.05, 3.63) is 53.6 Å². The average Bonchev–Trinajstić information content (AvgIpc) is 2.87. The number of ketones is 1. The van der Waals surface area contributed by atoms with Gasteiger partial charge in [-0.2, -0.15) is 0 Å². The van der Waals surface area contributed by atoms with Gasteiger partial charge in [-0.15, -0.1) is 0 Å². The molecule has 0 atom stereocenters. The smallest absolute Gasteiger partial charge is 0.338 e. The Bertz CT molecular complexity index is 981. The van der Waals surface area contributed by atoms with Crippen molar-refractivity contribution in [1.29, 1.82) is 0 Å². The molecule has 8 nitrogen and oxygen atoms in total. The van der Waals surface area contributed by atoms with Crippen LogP contribution in [0.2, 0.25) is 0 Å². The summed E-state index contributed by atoms with van der Waals surface area (Å²) >= 11 is 0. The monoisotopic (exact) mass is 469 g/mol. The number of carbonyl (C=O) groups excluding carboxylic acids is 3. The predicted molar refractivity (Wildman–Crippen MR) is 126 cm³/mol. The molecule has 0 aromatic heterocycles. The molecule has 0 bridgehead atoms. The van der Waals surface area contributed by atoms with E-state index >= 15 is 0 Å². The Morgan fingerprint density at radius 2 is 1.44 bits per heavy atom. The number of piperidine rings is 1. The maximum atomic E-state index is 12.5. The van der Waals surface area contributed by atoms with Gasteiger partial charge in [-0.3, -0.25) is 9.59 Å². The Morgan fingerprint density at radius 1 is 0.765 bits per heavy atom. The van der Waals surface area contributed by atoms with Crippen LogP contribution in [0.3, 0.4) is 0 Å². The van der Waals surface area contributed by atoms with Gasteiger partial charge in [-0.25, -0.2) is 4.79 Å². The number of carbonyl (C=O) groups is 3. The SMILES string of the molecule is CCOc1ccc(C(=O)COC(=O)c2ccc(OCC(=O)N3CCCCC3)c(OCC)c2)cc1. The van der Waals surface area contributed by atoms with Crippen molar-refractivity contribution in [2.45, 2.75) is 33.1 Å². The maximum Gasteiger partial charge on any atom is 0.338 e. The number of hydrogen-bond donors (Lipinski definition) is 0. The van der Waals surface area contributed by atoms with Gasteiger partial charge in [0, 0.05) is 18.7 Å². The zero-order valence-corrected chi connectivity index (χ0v) is 19.7. The second kappa shape index (κ2) is 12.6. The Kier molecular flexibility index (Phi) is 9.31. The molecule has 1 saturated heterocycles. The first-order chi connectivity index (χ1) is 16.5. The lowest BCUT2D eigenvalue weighted by molar-refractivity contribution is -0.134. The number of likely N-dealkylation sites (tertiary alicyclic amines) is 1. The van der Waals surface area contributed by atoms with Gasteiger partial charge in [0.25, 0.3) is 5.91 Å². The third kappa shape index (κ3) is 6.97. The molecule has 0 spiro atoms. The molecule has 8 heteroatoms. The van der Waals surface area contributed by atoms with E-state index in [0.29, 0.717) is 36.0 Å². The largest absolute Gasteiger partial charge is 0.494 e. The highest BCUT2D eigenvalue weighted by atomic mass is 16.5. The minimum absolute atomic E-state index is 0.0709. The topological polar surface area (TPSA) is 91.4 Å². The van der Waals surface area contributed by atoms with E-state index in [1.54, 1.807) is 35.2 Å². The van der Waals surface area contributed by atoms with E-state index in [1.165, 1.54) is 12.1 Å². The summed E-state index contributed by atoms with van der Waals surface area (Å²) in [5, 5.41) is 0. The van der Waals surface area contributed by atoms with Crippen LogP contribution in [0.1, 0.15) is 53.8 Å². The minimum atomic E-state index is -0.656. The van der Waals surface area contributed by atoms with Crippen LogP contribution in [0.15, 0.2) is 42.5 Å². The van der Waals surface area contributed by atoms with Gasteiger partial charge >= 0.3 is 5.97 Å². The zero-order chi connectivity index (χ0) is 24.3. The lowest BCUT2D eigenvalue weighted by Crippen LogP contribution is -2.38. The standard InChI is InChI=1S/C26H31NO7/c1-3-31-21-11-8-19(9-12-21)22(28)17-34-26(30)20-10-13-23(24(16-20)32-4-2)33-18-25(29)27-14-6-5-7-15-27/h8-13,16H,3-7,14-15,17-18H2,1-2H3. The molecular formula is C26H31NO7. The van der Waals surface area contributed by atoms with E-state index in [0.717, 1.165) is 32.4 Å². The minimum Gasteiger partial charge on any atom is -0.494 e. The summed E-state index contributed by atoms with van der Waals surface area (Å²) in [6, 6.07) is 11.2. The lowest BCUT2D eigenvalue weighted by atomic mass is 10.1. The number of nitrogens with zero attached hydrogens (tertiary/aromatic N) is 1. The van der Waals surface area contributed by atoms with E-state index < -0.39 is 5.97 Å². The summed E-state index contributed by atoms with van der Waals surface area (Å²) in [5.74, 6) is 0.321. The van der Waals surface area contributed by atoms with Gasteiger partial charge < -0.3 is 23.8 Å². The second-order valence-electron chi connectivity index (χ2n) is 7.78. The summed E-state index contributed by atoms with van der Waals surface area (Å²) in [6.07, 6.45) is 3.16. The molecule has 0 aliphatic carbocycles. The van der Waals surface area contributed by atoms with E-state index in [-0.39, 0.29) is 30.5 Å². The van der Waals surface area contributed by atoms with Gasteiger partial charge in [-0.1, -0.05) is 0 Å². The molecule has 1 amide bonds. The summed E-state index contributed by atoms with van der Waals surface area (Å²) in [5.41, 5.74) is 0.644. The average molecular weight is 470 g/mol. The van der Waals surface area contributed by atoms with Crippen molar-refractivity contribution in [3.63, 3.8) is 0 Å². The van der Waals surface area contributed by atoms with E-state index in [9.17, 15) is 14.4 Å². The number of hydrogen-bond acceptors (Lipinski definition) is 7. The Morgan fingerprint density at radius 3 is 2.12 bits per heavy atom. The van der Waals surface area contributed by atoms with Crippen molar-refractivity contribution in [1.82, 2.24) is 4.90 Å². The van der Waals surface area contributed by atoms with Crippen molar-refractivity contribution in [2.75, 3.05) is 39.5 Å². The third-order valence-corrected chi connectivity index (χ3v) is 5.36. The highest BCUT2D eigenvalue weighted by Gasteiger charge is 2.19. The van der Waals surface area contributed by atoms with E-state index in [2.05, 4.69) is 0 Å². The first-order valence-corrected chi connectivity index (χ1v) is 11.6. The fourth-order valence-electron chi connectivity index (χ4n) is 3.60. The summed E-state index contributed by atoms with van der Waals surface area (Å²) in [4.78, 5) is 39.0. The number of Topliss-reactive ketones (excluding diaryl/α,β-unsaturated/α-hetero) is 1. The fourth-order valence-corrected chi connectivity index (χ4v) is 3.60. The number of benzene rings is 2. The Hall–Kier alpha value is -3.55. The number of esters is 1. The van der Waals surface area contributed by atoms with Crippen LogP contribution in [0.25, 0.3) is 0 Å². The lowest BCUT2D eigenvalue weighted by Gasteiger charge is -2.26. The maximum absolute atomic E-state index is 12.5. The molecule has 182 valence electrons.